The third kappa shape index (κ3) is 2.95. The molecule has 3 N–H and O–H groups in total. The van der Waals surface area contributed by atoms with Crippen LogP contribution in [-0.2, 0) is 4.79 Å². The Morgan fingerprint density at radius 2 is 2.00 bits per heavy atom. The molecule has 1 atom stereocenters. The van der Waals surface area contributed by atoms with E-state index in [0.717, 1.165) is 0 Å². The maximum atomic E-state index is 12.8. The van der Waals surface area contributed by atoms with Crippen LogP contribution in [-0.4, -0.2) is 5.91 Å². The van der Waals surface area contributed by atoms with Crippen LogP contribution in [0.1, 0.15) is 20.8 Å². The number of benzene rings is 1. The molecular formula is C12H17FN2O. The third-order valence-electron chi connectivity index (χ3n) is 2.69. The molecule has 0 saturated carbocycles. The van der Waals surface area contributed by atoms with Gasteiger partial charge in [-0.05, 0) is 24.1 Å². The summed E-state index contributed by atoms with van der Waals surface area (Å²) in [7, 11) is 0. The van der Waals surface area contributed by atoms with Crippen LogP contribution in [0.2, 0.25) is 0 Å². The molecule has 0 spiro atoms. The molecule has 4 heteroatoms. The zero-order valence-corrected chi connectivity index (χ0v) is 9.75. The highest BCUT2D eigenvalue weighted by atomic mass is 19.1. The van der Waals surface area contributed by atoms with Crippen molar-refractivity contribution in [3.8, 4) is 0 Å². The minimum Gasteiger partial charge on any atom is -0.397 e. The van der Waals surface area contributed by atoms with E-state index in [9.17, 15) is 9.18 Å². The molecule has 0 aromatic heterocycles. The first-order valence-corrected chi connectivity index (χ1v) is 5.27. The van der Waals surface area contributed by atoms with Crippen LogP contribution in [0.4, 0.5) is 15.8 Å². The van der Waals surface area contributed by atoms with E-state index in [4.69, 9.17) is 5.73 Å². The highest BCUT2D eigenvalue weighted by Gasteiger charge is 2.17. The van der Waals surface area contributed by atoms with Gasteiger partial charge >= 0.3 is 0 Å². The van der Waals surface area contributed by atoms with E-state index >= 15 is 0 Å². The number of carbonyl (C=O) groups excluding carboxylic acids is 1. The van der Waals surface area contributed by atoms with Crippen molar-refractivity contribution in [2.45, 2.75) is 20.8 Å². The van der Waals surface area contributed by atoms with E-state index in [1.54, 1.807) is 0 Å². The fourth-order valence-corrected chi connectivity index (χ4v) is 1.20. The summed E-state index contributed by atoms with van der Waals surface area (Å²) in [6.45, 7) is 5.79. The van der Waals surface area contributed by atoms with Gasteiger partial charge in [0.2, 0.25) is 5.91 Å². The quantitative estimate of drug-likeness (QED) is 0.775. The maximum absolute atomic E-state index is 12.8. The van der Waals surface area contributed by atoms with Crippen molar-refractivity contribution < 1.29 is 9.18 Å². The van der Waals surface area contributed by atoms with E-state index in [-0.39, 0.29) is 23.4 Å². The normalized spacial score (nSPS) is 12.6. The molecule has 1 aromatic rings. The lowest BCUT2D eigenvalue weighted by atomic mass is 9.97. The molecule has 0 fully saturated rings. The molecule has 0 bridgehead atoms. The molecule has 1 aromatic carbocycles. The summed E-state index contributed by atoms with van der Waals surface area (Å²) in [5, 5.41) is 2.69. The molecule has 3 nitrogen and oxygen atoms in total. The average molecular weight is 224 g/mol. The van der Waals surface area contributed by atoms with Crippen LogP contribution in [0.5, 0.6) is 0 Å². The smallest absolute Gasteiger partial charge is 0.227 e. The van der Waals surface area contributed by atoms with Crippen molar-refractivity contribution in [2.24, 2.45) is 11.8 Å². The largest absolute Gasteiger partial charge is 0.397 e. The van der Waals surface area contributed by atoms with Gasteiger partial charge in [-0.2, -0.15) is 0 Å². The van der Waals surface area contributed by atoms with Crippen LogP contribution >= 0.6 is 0 Å². The molecule has 0 saturated heterocycles. The monoisotopic (exact) mass is 224 g/mol. The van der Waals surface area contributed by atoms with Gasteiger partial charge in [0.15, 0.2) is 0 Å². The van der Waals surface area contributed by atoms with Gasteiger partial charge < -0.3 is 11.1 Å². The van der Waals surface area contributed by atoms with E-state index in [0.29, 0.717) is 5.69 Å². The zero-order valence-electron chi connectivity index (χ0n) is 9.75. The first-order valence-electron chi connectivity index (χ1n) is 5.27. The Balaban J connectivity index is 2.77. The van der Waals surface area contributed by atoms with E-state index in [1.807, 2.05) is 20.8 Å². The Bertz CT molecular complexity index is 391. The van der Waals surface area contributed by atoms with Crippen LogP contribution in [0.3, 0.4) is 0 Å². The molecule has 0 heterocycles. The summed E-state index contributed by atoms with van der Waals surface area (Å²) in [6.07, 6.45) is 0. The summed E-state index contributed by atoms with van der Waals surface area (Å²) in [6, 6.07) is 3.93. The fourth-order valence-electron chi connectivity index (χ4n) is 1.20. The highest BCUT2D eigenvalue weighted by Crippen LogP contribution is 2.21. The van der Waals surface area contributed by atoms with Gasteiger partial charge in [0.05, 0.1) is 11.4 Å². The number of anilines is 2. The molecule has 1 unspecified atom stereocenters. The average Bonchev–Trinajstić information content (AvgIpc) is 2.20. The Kier molecular flexibility index (Phi) is 3.88. The molecule has 0 aliphatic heterocycles. The standard InChI is InChI=1S/C12H17FN2O/c1-7(2)8(3)12(16)15-11-5-4-9(13)6-10(11)14/h4-8H,14H2,1-3H3,(H,15,16). The fraction of sp³-hybridized carbons (Fsp3) is 0.417. The molecule has 1 amide bonds. The number of nitrogens with one attached hydrogen (secondary N) is 1. The first-order chi connectivity index (χ1) is 7.41. The number of hydrogen-bond donors (Lipinski definition) is 2. The molecule has 0 aliphatic carbocycles. The van der Waals surface area contributed by atoms with Crippen LogP contribution in [0, 0.1) is 17.7 Å². The van der Waals surface area contributed by atoms with Gasteiger partial charge in [-0.1, -0.05) is 20.8 Å². The predicted octanol–water partition coefficient (Wildman–Crippen LogP) is 2.64. The lowest BCUT2D eigenvalue weighted by molar-refractivity contribution is -0.120. The molecular weight excluding hydrogens is 207 g/mol. The second-order valence-electron chi connectivity index (χ2n) is 4.25. The van der Waals surface area contributed by atoms with Crippen LogP contribution in [0.25, 0.3) is 0 Å². The Morgan fingerprint density at radius 3 is 2.50 bits per heavy atom. The topological polar surface area (TPSA) is 55.1 Å². The van der Waals surface area contributed by atoms with E-state index in [2.05, 4.69) is 5.32 Å². The van der Waals surface area contributed by atoms with Gasteiger partial charge in [0.1, 0.15) is 5.82 Å². The van der Waals surface area contributed by atoms with Gasteiger partial charge in [-0.3, -0.25) is 4.79 Å². The van der Waals surface area contributed by atoms with Gasteiger partial charge in [-0.25, -0.2) is 4.39 Å². The molecule has 88 valence electrons. The number of nitrogen functional groups attached to an aromatic ring is 1. The summed E-state index contributed by atoms with van der Waals surface area (Å²) < 4.78 is 12.8. The molecule has 0 radical (unpaired) electrons. The maximum Gasteiger partial charge on any atom is 0.227 e. The molecule has 16 heavy (non-hydrogen) atoms. The zero-order chi connectivity index (χ0) is 12.3. The van der Waals surface area contributed by atoms with Crippen molar-refractivity contribution in [3.63, 3.8) is 0 Å². The van der Waals surface area contributed by atoms with Crippen molar-refractivity contribution in [2.75, 3.05) is 11.1 Å². The number of hydrogen-bond acceptors (Lipinski definition) is 2. The first kappa shape index (κ1) is 12.5. The Morgan fingerprint density at radius 1 is 1.38 bits per heavy atom. The predicted molar refractivity (Wildman–Crippen MR) is 63.4 cm³/mol. The van der Waals surface area contributed by atoms with Crippen molar-refractivity contribution in [3.05, 3.63) is 24.0 Å². The summed E-state index contributed by atoms with van der Waals surface area (Å²) in [5.41, 5.74) is 6.29. The number of nitrogens with two attached hydrogens (primary N) is 1. The second-order valence-corrected chi connectivity index (χ2v) is 4.25. The molecule has 1 rings (SSSR count). The lowest BCUT2D eigenvalue weighted by Crippen LogP contribution is -2.24. The number of carbonyl (C=O) groups is 1. The van der Waals surface area contributed by atoms with Gasteiger partial charge in [-0.15, -0.1) is 0 Å². The van der Waals surface area contributed by atoms with Gasteiger partial charge in [0, 0.05) is 5.92 Å². The summed E-state index contributed by atoms with van der Waals surface area (Å²) in [5.74, 6) is -0.369. The van der Waals surface area contributed by atoms with Crippen molar-refractivity contribution >= 4 is 17.3 Å². The minimum absolute atomic E-state index is 0.103. The minimum atomic E-state index is -0.410. The summed E-state index contributed by atoms with van der Waals surface area (Å²) >= 11 is 0. The number of amides is 1. The van der Waals surface area contributed by atoms with E-state index in [1.165, 1.54) is 18.2 Å². The second kappa shape index (κ2) is 4.96. The van der Waals surface area contributed by atoms with Crippen molar-refractivity contribution in [1.82, 2.24) is 0 Å². The van der Waals surface area contributed by atoms with E-state index < -0.39 is 5.82 Å². The van der Waals surface area contributed by atoms with Crippen LogP contribution in [0.15, 0.2) is 18.2 Å². The summed E-state index contributed by atoms with van der Waals surface area (Å²) in [4.78, 5) is 11.7. The van der Waals surface area contributed by atoms with Crippen LogP contribution < -0.4 is 11.1 Å². The van der Waals surface area contributed by atoms with Gasteiger partial charge in [0.25, 0.3) is 0 Å². The van der Waals surface area contributed by atoms with Crippen molar-refractivity contribution in [1.29, 1.82) is 0 Å². The highest BCUT2D eigenvalue weighted by molar-refractivity contribution is 5.95. The number of rotatable bonds is 3. The number of halogens is 1. The third-order valence-corrected chi connectivity index (χ3v) is 2.69. The Labute approximate surface area is 94.8 Å². The lowest BCUT2D eigenvalue weighted by Gasteiger charge is -2.16. The molecule has 0 aliphatic rings. The Hall–Kier alpha value is -1.58. The SMILES string of the molecule is CC(C)C(C)C(=O)Nc1ccc(F)cc1N.